The van der Waals surface area contributed by atoms with Crippen molar-refractivity contribution in [2.75, 3.05) is 6.54 Å². The molecule has 0 fully saturated rings. The Morgan fingerprint density at radius 3 is 2.20 bits per heavy atom. The van der Waals surface area contributed by atoms with Crippen molar-refractivity contribution < 1.29 is 13.2 Å². The normalized spacial score (nSPS) is 12.8. The highest BCUT2D eigenvalue weighted by atomic mass is 35.5. The fraction of sp³-hybridized carbons (Fsp3) is 0.250. The topological polar surface area (TPSA) is 24.1 Å². The van der Waals surface area contributed by atoms with E-state index in [0.29, 0.717) is 28.8 Å². The molecule has 0 aliphatic rings. The summed E-state index contributed by atoms with van der Waals surface area (Å²) in [4.78, 5) is 0. The molecule has 0 aromatic heterocycles. The van der Waals surface area contributed by atoms with E-state index in [1.54, 1.807) is 18.2 Å². The maximum absolute atomic E-state index is 13.6. The second kappa shape index (κ2) is 10.9. The van der Waals surface area contributed by atoms with Gasteiger partial charge in [-0.15, -0.1) is 0 Å². The van der Waals surface area contributed by atoms with E-state index in [4.69, 9.17) is 58.6 Å². The highest BCUT2D eigenvalue weighted by Gasteiger charge is 2.39. The predicted molar refractivity (Wildman–Crippen MR) is 124 cm³/mol. The predicted octanol–water partition coefficient (Wildman–Crippen LogP) is 7.64. The highest BCUT2D eigenvalue weighted by molar-refractivity contribution is 7.80. The first kappa shape index (κ1) is 25.1. The van der Waals surface area contributed by atoms with Crippen LogP contribution in [0.2, 0.25) is 20.1 Å². The minimum absolute atomic E-state index is 0.0107. The lowest BCUT2D eigenvalue weighted by molar-refractivity contribution is -0.139. The van der Waals surface area contributed by atoms with E-state index in [1.165, 1.54) is 6.08 Å². The minimum atomic E-state index is -4.55. The molecule has 0 aliphatic heterocycles. The maximum Gasteiger partial charge on any atom is 0.399 e. The Morgan fingerprint density at radius 2 is 1.67 bits per heavy atom. The van der Waals surface area contributed by atoms with Crippen molar-refractivity contribution in [2.24, 2.45) is 0 Å². The standard InChI is InChI=1S/C20H17Cl4F3N2S/c1-2-28-19(30)29-10-12-5-3-11(7-15(12)21)4-6-14(20(25,26)27)13-8-16(22)18(24)17(23)9-13/h3-9,14H,2,10H2,1H3,(H2,28,29,30)/b6-4+. The molecule has 0 saturated heterocycles. The van der Waals surface area contributed by atoms with Gasteiger partial charge in [-0.2, -0.15) is 13.2 Å². The van der Waals surface area contributed by atoms with E-state index in [1.807, 2.05) is 6.92 Å². The summed E-state index contributed by atoms with van der Waals surface area (Å²) in [6, 6.07) is 7.30. The zero-order valence-corrected chi connectivity index (χ0v) is 19.4. The quantitative estimate of drug-likeness (QED) is 0.305. The summed E-state index contributed by atoms with van der Waals surface area (Å²) in [5, 5.41) is 6.77. The zero-order chi connectivity index (χ0) is 22.5. The Hall–Kier alpha value is -1.18. The van der Waals surface area contributed by atoms with Gasteiger partial charge in [-0.05, 0) is 54.0 Å². The molecule has 2 rings (SSSR count). The molecule has 0 saturated carbocycles. The molecule has 162 valence electrons. The number of hydrogen-bond donors (Lipinski definition) is 2. The van der Waals surface area contributed by atoms with Crippen molar-refractivity contribution >= 4 is 69.8 Å². The van der Waals surface area contributed by atoms with Gasteiger partial charge < -0.3 is 10.6 Å². The van der Waals surface area contributed by atoms with Crippen LogP contribution >= 0.6 is 58.6 Å². The lowest BCUT2D eigenvalue weighted by Gasteiger charge is -2.18. The third kappa shape index (κ3) is 6.92. The third-order valence-electron chi connectivity index (χ3n) is 4.05. The number of halogens is 7. The van der Waals surface area contributed by atoms with Crippen LogP contribution in [-0.4, -0.2) is 17.8 Å². The minimum Gasteiger partial charge on any atom is -0.363 e. The number of nitrogens with one attached hydrogen (secondary N) is 2. The van der Waals surface area contributed by atoms with E-state index >= 15 is 0 Å². The summed E-state index contributed by atoms with van der Waals surface area (Å²) in [6.45, 7) is 3.00. The van der Waals surface area contributed by atoms with Crippen molar-refractivity contribution in [1.82, 2.24) is 10.6 Å². The zero-order valence-electron chi connectivity index (χ0n) is 15.6. The van der Waals surface area contributed by atoms with Crippen molar-refractivity contribution in [2.45, 2.75) is 25.6 Å². The number of alkyl halides is 3. The van der Waals surface area contributed by atoms with Crippen LogP contribution in [0.1, 0.15) is 29.5 Å². The number of allylic oxidation sites excluding steroid dienone is 1. The lowest BCUT2D eigenvalue weighted by Crippen LogP contribution is -2.34. The number of rotatable bonds is 6. The van der Waals surface area contributed by atoms with Crippen LogP contribution < -0.4 is 10.6 Å². The summed E-state index contributed by atoms with van der Waals surface area (Å²) in [5.41, 5.74) is 1.16. The molecule has 0 amide bonds. The molecule has 0 radical (unpaired) electrons. The van der Waals surface area contributed by atoms with Gasteiger partial charge in [-0.1, -0.05) is 70.7 Å². The van der Waals surface area contributed by atoms with Crippen molar-refractivity contribution in [3.05, 3.63) is 73.2 Å². The van der Waals surface area contributed by atoms with Gasteiger partial charge in [0.2, 0.25) is 0 Å². The number of hydrogen-bond acceptors (Lipinski definition) is 1. The SMILES string of the molecule is CCNC(=S)NCc1ccc(/C=C/C(c2cc(Cl)c(Cl)c(Cl)c2)C(F)(F)F)cc1Cl. The van der Waals surface area contributed by atoms with Crippen molar-refractivity contribution in [3.8, 4) is 0 Å². The van der Waals surface area contributed by atoms with E-state index in [9.17, 15) is 13.2 Å². The monoisotopic (exact) mass is 514 g/mol. The van der Waals surface area contributed by atoms with Crippen LogP contribution in [0.3, 0.4) is 0 Å². The maximum atomic E-state index is 13.6. The average molecular weight is 516 g/mol. The average Bonchev–Trinajstić information content (AvgIpc) is 2.64. The van der Waals surface area contributed by atoms with E-state index in [2.05, 4.69) is 10.6 Å². The smallest absolute Gasteiger partial charge is 0.363 e. The Labute approximate surface area is 198 Å². The molecule has 2 aromatic carbocycles. The van der Waals surface area contributed by atoms with Gasteiger partial charge in [0.25, 0.3) is 0 Å². The number of thiocarbonyl (C=S) groups is 1. The van der Waals surface area contributed by atoms with Crippen LogP contribution in [0.5, 0.6) is 0 Å². The molecule has 2 aromatic rings. The molecular formula is C20H17Cl4F3N2S. The van der Waals surface area contributed by atoms with Crippen molar-refractivity contribution in [1.29, 1.82) is 0 Å². The van der Waals surface area contributed by atoms with Gasteiger partial charge in [-0.3, -0.25) is 0 Å². The molecule has 2 N–H and O–H groups in total. The fourth-order valence-electron chi connectivity index (χ4n) is 2.58. The Balaban J connectivity index is 2.24. The highest BCUT2D eigenvalue weighted by Crippen LogP contribution is 2.41. The first-order valence-electron chi connectivity index (χ1n) is 8.72. The first-order chi connectivity index (χ1) is 14.0. The van der Waals surface area contributed by atoms with E-state index < -0.39 is 12.1 Å². The van der Waals surface area contributed by atoms with Gasteiger partial charge >= 0.3 is 6.18 Å². The summed E-state index contributed by atoms with van der Waals surface area (Å²) in [6.07, 6.45) is -2.17. The largest absolute Gasteiger partial charge is 0.399 e. The molecule has 0 spiro atoms. The summed E-state index contributed by atoms with van der Waals surface area (Å²) in [5.74, 6) is -1.91. The van der Waals surface area contributed by atoms with Gasteiger partial charge in [0.1, 0.15) is 0 Å². The van der Waals surface area contributed by atoms with Gasteiger partial charge in [-0.25, -0.2) is 0 Å². The second-order valence-electron chi connectivity index (χ2n) is 6.24. The molecule has 10 heteroatoms. The Kier molecular flexibility index (Phi) is 9.13. The Bertz CT molecular complexity index is 925. The van der Waals surface area contributed by atoms with Gasteiger partial charge in [0.15, 0.2) is 5.11 Å². The molecule has 1 unspecified atom stereocenters. The molecule has 0 aliphatic carbocycles. The van der Waals surface area contributed by atoms with Crippen LogP contribution in [0, 0.1) is 0 Å². The summed E-state index contributed by atoms with van der Waals surface area (Å²) >= 11 is 29.0. The van der Waals surface area contributed by atoms with Crippen LogP contribution in [0.25, 0.3) is 6.08 Å². The fourth-order valence-corrected chi connectivity index (χ4v) is 3.67. The molecule has 30 heavy (non-hydrogen) atoms. The second-order valence-corrected chi connectivity index (χ2v) is 8.25. The van der Waals surface area contributed by atoms with Gasteiger partial charge in [0.05, 0.1) is 21.0 Å². The summed E-state index contributed by atoms with van der Waals surface area (Å²) in [7, 11) is 0. The Morgan fingerprint density at radius 1 is 1.03 bits per heavy atom. The van der Waals surface area contributed by atoms with Crippen LogP contribution in [0.4, 0.5) is 13.2 Å². The molecule has 0 bridgehead atoms. The van der Waals surface area contributed by atoms with Crippen LogP contribution in [-0.2, 0) is 6.54 Å². The summed E-state index contributed by atoms with van der Waals surface area (Å²) < 4.78 is 40.9. The first-order valence-corrected chi connectivity index (χ1v) is 10.6. The number of benzene rings is 2. The van der Waals surface area contributed by atoms with Crippen molar-refractivity contribution in [3.63, 3.8) is 0 Å². The van der Waals surface area contributed by atoms with E-state index in [-0.39, 0.29) is 20.6 Å². The van der Waals surface area contributed by atoms with Gasteiger partial charge in [0, 0.05) is 18.1 Å². The molecule has 1 atom stereocenters. The van der Waals surface area contributed by atoms with E-state index in [0.717, 1.165) is 23.8 Å². The third-order valence-corrected chi connectivity index (χ3v) is 5.89. The van der Waals surface area contributed by atoms with Crippen LogP contribution in [0.15, 0.2) is 36.4 Å². The molecular weight excluding hydrogens is 499 g/mol. The molecule has 2 nitrogen and oxygen atoms in total. The lowest BCUT2D eigenvalue weighted by atomic mass is 9.97. The molecule has 0 heterocycles.